The lowest BCUT2D eigenvalue weighted by Crippen LogP contribution is -2.23. The summed E-state index contributed by atoms with van der Waals surface area (Å²) in [7, 11) is 0. The van der Waals surface area contributed by atoms with E-state index in [2.05, 4.69) is 6.58 Å². The number of esters is 1. The van der Waals surface area contributed by atoms with E-state index < -0.39 is 12.2 Å². The third-order valence-corrected chi connectivity index (χ3v) is 1.88. The molecule has 0 aliphatic rings. The Morgan fingerprint density at radius 2 is 2.07 bits per heavy atom. The summed E-state index contributed by atoms with van der Waals surface area (Å²) < 4.78 is 4.92. The molecule has 0 bridgehead atoms. The van der Waals surface area contributed by atoms with Crippen LogP contribution in [0.15, 0.2) is 12.7 Å². The molecule has 0 fully saturated rings. The SMILES string of the molecule is C=C[C@@H](O)[C@@H](O)CCCC(=O)OC(C)C. The molecule has 2 atom stereocenters. The average molecular weight is 216 g/mol. The summed E-state index contributed by atoms with van der Waals surface area (Å²) in [6, 6.07) is 0. The van der Waals surface area contributed by atoms with Crippen molar-refractivity contribution in [3.8, 4) is 0 Å². The fourth-order valence-corrected chi connectivity index (χ4v) is 1.11. The molecule has 2 N–H and O–H groups in total. The van der Waals surface area contributed by atoms with Crippen molar-refractivity contribution in [1.82, 2.24) is 0 Å². The highest BCUT2D eigenvalue weighted by Gasteiger charge is 2.13. The van der Waals surface area contributed by atoms with Gasteiger partial charge in [0.05, 0.1) is 18.3 Å². The topological polar surface area (TPSA) is 66.8 Å². The Labute approximate surface area is 90.6 Å². The maximum Gasteiger partial charge on any atom is 0.306 e. The zero-order valence-corrected chi connectivity index (χ0v) is 9.35. The van der Waals surface area contributed by atoms with Gasteiger partial charge >= 0.3 is 5.97 Å². The smallest absolute Gasteiger partial charge is 0.306 e. The summed E-state index contributed by atoms with van der Waals surface area (Å²) in [5.41, 5.74) is 0. The van der Waals surface area contributed by atoms with Gasteiger partial charge in [-0.2, -0.15) is 0 Å². The maximum atomic E-state index is 11.1. The Morgan fingerprint density at radius 3 is 2.53 bits per heavy atom. The molecule has 0 spiro atoms. The van der Waals surface area contributed by atoms with Crippen LogP contribution in [0, 0.1) is 0 Å². The van der Waals surface area contributed by atoms with E-state index >= 15 is 0 Å². The van der Waals surface area contributed by atoms with Crippen LogP contribution in [0.1, 0.15) is 33.1 Å². The molecule has 4 heteroatoms. The molecule has 0 aliphatic heterocycles. The van der Waals surface area contributed by atoms with Crippen molar-refractivity contribution >= 4 is 5.97 Å². The van der Waals surface area contributed by atoms with Gasteiger partial charge in [0.1, 0.15) is 0 Å². The van der Waals surface area contributed by atoms with Crippen LogP contribution < -0.4 is 0 Å². The van der Waals surface area contributed by atoms with Crippen molar-refractivity contribution in [2.75, 3.05) is 0 Å². The molecule has 0 aliphatic carbocycles. The predicted molar refractivity (Wildman–Crippen MR) is 57.3 cm³/mol. The normalized spacial score (nSPS) is 14.7. The number of rotatable bonds is 7. The molecule has 0 radical (unpaired) electrons. The minimum atomic E-state index is -0.925. The predicted octanol–water partition coefficient (Wildman–Crippen LogP) is 1.02. The van der Waals surface area contributed by atoms with E-state index in [0.29, 0.717) is 12.8 Å². The van der Waals surface area contributed by atoms with E-state index in [0.717, 1.165) is 0 Å². The summed E-state index contributed by atoms with van der Waals surface area (Å²) in [5.74, 6) is -0.273. The Hall–Kier alpha value is -0.870. The molecule has 4 nitrogen and oxygen atoms in total. The summed E-state index contributed by atoms with van der Waals surface area (Å²) in [6.07, 6.45) is 0.510. The van der Waals surface area contributed by atoms with Gasteiger partial charge in [-0.25, -0.2) is 0 Å². The molecular formula is C11H20O4. The third kappa shape index (κ3) is 7.11. The molecule has 0 aromatic heterocycles. The van der Waals surface area contributed by atoms with Crippen LogP contribution in [0.2, 0.25) is 0 Å². The molecule has 0 amide bonds. The highest BCUT2D eigenvalue weighted by molar-refractivity contribution is 5.69. The van der Waals surface area contributed by atoms with Gasteiger partial charge in [0.25, 0.3) is 0 Å². The molecule has 0 saturated heterocycles. The number of aliphatic hydroxyl groups excluding tert-OH is 2. The molecule has 0 saturated carbocycles. The second-order valence-corrected chi connectivity index (χ2v) is 3.72. The van der Waals surface area contributed by atoms with E-state index in [1.54, 1.807) is 13.8 Å². The van der Waals surface area contributed by atoms with Crippen LogP contribution in [0.3, 0.4) is 0 Å². The molecule has 0 unspecified atom stereocenters. The van der Waals surface area contributed by atoms with Gasteiger partial charge in [0.2, 0.25) is 0 Å². The van der Waals surface area contributed by atoms with Gasteiger partial charge in [0.15, 0.2) is 0 Å². The van der Waals surface area contributed by atoms with Crippen molar-refractivity contribution in [1.29, 1.82) is 0 Å². The van der Waals surface area contributed by atoms with Crippen LogP contribution >= 0.6 is 0 Å². The summed E-state index contributed by atoms with van der Waals surface area (Å²) >= 11 is 0. The molecule has 0 aromatic carbocycles. The van der Waals surface area contributed by atoms with Gasteiger partial charge < -0.3 is 14.9 Å². The highest BCUT2D eigenvalue weighted by Crippen LogP contribution is 2.07. The van der Waals surface area contributed by atoms with Crippen molar-refractivity contribution in [2.24, 2.45) is 0 Å². The first kappa shape index (κ1) is 14.1. The molecule has 0 rings (SSSR count). The number of carbonyl (C=O) groups is 1. The number of hydrogen-bond donors (Lipinski definition) is 2. The largest absolute Gasteiger partial charge is 0.463 e. The van der Waals surface area contributed by atoms with Gasteiger partial charge in [-0.15, -0.1) is 6.58 Å². The Balaban J connectivity index is 3.61. The van der Waals surface area contributed by atoms with Crippen molar-refractivity contribution in [3.05, 3.63) is 12.7 Å². The van der Waals surface area contributed by atoms with Crippen LogP contribution in [0.5, 0.6) is 0 Å². The van der Waals surface area contributed by atoms with E-state index in [9.17, 15) is 9.90 Å². The summed E-state index contributed by atoms with van der Waals surface area (Å²) in [4.78, 5) is 11.1. The second kappa shape index (κ2) is 7.43. The first-order valence-corrected chi connectivity index (χ1v) is 5.15. The highest BCUT2D eigenvalue weighted by atomic mass is 16.5. The minimum Gasteiger partial charge on any atom is -0.463 e. The quantitative estimate of drug-likeness (QED) is 0.492. The molecule has 0 heterocycles. The van der Waals surface area contributed by atoms with Crippen LogP contribution in [0.4, 0.5) is 0 Å². The minimum absolute atomic E-state index is 0.110. The lowest BCUT2D eigenvalue weighted by atomic mass is 10.1. The lowest BCUT2D eigenvalue weighted by Gasteiger charge is -2.13. The third-order valence-electron chi connectivity index (χ3n) is 1.88. The van der Waals surface area contributed by atoms with Crippen LogP contribution in [-0.2, 0) is 9.53 Å². The first-order valence-electron chi connectivity index (χ1n) is 5.15. The van der Waals surface area contributed by atoms with Crippen molar-refractivity contribution in [3.63, 3.8) is 0 Å². The lowest BCUT2D eigenvalue weighted by molar-refractivity contribution is -0.147. The van der Waals surface area contributed by atoms with Gasteiger partial charge in [0, 0.05) is 6.42 Å². The molecule has 15 heavy (non-hydrogen) atoms. The maximum absolute atomic E-state index is 11.1. The van der Waals surface area contributed by atoms with E-state index in [1.165, 1.54) is 6.08 Å². The molecule has 0 aromatic rings. The van der Waals surface area contributed by atoms with E-state index in [1.807, 2.05) is 0 Å². The van der Waals surface area contributed by atoms with Gasteiger partial charge in [-0.3, -0.25) is 4.79 Å². The van der Waals surface area contributed by atoms with Gasteiger partial charge in [-0.05, 0) is 26.7 Å². The average Bonchev–Trinajstić information content (AvgIpc) is 2.15. The summed E-state index contributed by atoms with van der Waals surface area (Å²) in [6.45, 7) is 6.93. The number of carbonyl (C=O) groups excluding carboxylic acids is 1. The Morgan fingerprint density at radius 1 is 1.47 bits per heavy atom. The zero-order chi connectivity index (χ0) is 11.8. The van der Waals surface area contributed by atoms with Crippen molar-refractivity contribution in [2.45, 2.75) is 51.4 Å². The van der Waals surface area contributed by atoms with Crippen LogP contribution in [-0.4, -0.2) is 34.5 Å². The number of hydrogen-bond acceptors (Lipinski definition) is 4. The number of aliphatic hydroxyl groups is 2. The van der Waals surface area contributed by atoms with Crippen molar-refractivity contribution < 1.29 is 19.7 Å². The number of ether oxygens (including phenoxy) is 1. The van der Waals surface area contributed by atoms with Crippen LogP contribution in [0.25, 0.3) is 0 Å². The van der Waals surface area contributed by atoms with E-state index in [-0.39, 0.29) is 18.5 Å². The fraction of sp³-hybridized carbons (Fsp3) is 0.727. The zero-order valence-electron chi connectivity index (χ0n) is 9.35. The first-order chi connectivity index (χ1) is 6.97. The van der Waals surface area contributed by atoms with E-state index in [4.69, 9.17) is 9.84 Å². The standard InChI is InChI=1S/C11H20O4/c1-4-9(12)10(13)6-5-7-11(14)15-8(2)3/h4,8-10,12-13H,1,5-7H2,2-3H3/t9-,10+/m1/s1. The Kier molecular flexibility index (Phi) is 6.99. The van der Waals surface area contributed by atoms with Gasteiger partial charge in [-0.1, -0.05) is 6.08 Å². The molecular weight excluding hydrogens is 196 g/mol. The second-order valence-electron chi connectivity index (χ2n) is 3.72. The Bertz CT molecular complexity index is 201. The monoisotopic (exact) mass is 216 g/mol. The molecule has 88 valence electrons. The summed E-state index contributed by atoms with van der Waals surface area (Å²) in [5, 5.41) is 18.5. The fourth-order valence-electron chi connectivity index (χ4n) is 1.11.